The first-order chi connectivity index (χ1) is 16.0. The summed E-state index contributed by atoms with van der Waals surface area (Å²) in [7, 11) is 0. The summed E-state index contributed by atoms with van der Waals surface area (Å²) in [5.41, 5.74) is 1.49. The fourth-order valence-corrected chi connectivity index (χ4v) is 5.54. The highest BCUT2D eigenvalue weighted by molar-refractivity contribution is 5.86. The van der Waals surface area contributed by atoms with E-state index in [1.54, 1.807) is 6.07 Å². The number of rotatable bonds is 6. The van der Waals surface area contributed by atoms with Gasteiger partial charge in [0.1, 0.15) is 5.82 Å². The van der Waals surface area contributed by atoms with Crippen LogP contribution in [0.5, 0.6) is 0 Å². The lowest BCUT2D eigenvalue weighted by molar-refractivity contribution is -0.131. The van der Waals surface area contributed by atoms with E-state index in [9.17, 15) is 14.0 Å². The monoisotopic (exact) mass is 444 g/mol. The molecule has 170 valence electrons. The van der Waals surface area contributed by atoms with Crippen molar-refractivity contribution < 1.29 is 14.0 Å². The molecule has 2 aliphatic heterocycles. The van der Waals surface area contributed by atoms with Gasteiger partial charge in [-0.05, 0) is 53.6 Å². The van der Waals surface area contributed by atoms with Gasteiger partial charge in [-0.25, -0.2) is 4.39 Å². The molecule has 0 bridgehead atoms. The summed E-state index contributed by atoms with van der Waals surface area (Å²) in [5, 5.41) is 5.59. The first-order valence-corrected chi connectivity index (χ1v) is 11.8. The number of nitrogens with one attached hydrogen (secondary N) is 1. The van der Waals surface area contributed by atoms with E-state index in [4.69, 9.17) is 0 Å². The molecule has 5 heteroatoms. The second kappa shape index (κ2) is 8.97. The third-order valence-electron chi connectivity index (χ3n) is 7.35. The lowest BCUT2D eigenvalue weighted by Crippen LogP contribution is -2.44. The number of fused-ring (bicyclic) bond motifs is 1. The van der Waals surface area contributed by atoms with Crippen LogP contribution in [0.4, 0.5) is 4.39 Å². The summed E-state index contributed by atoms with van der Waals surface area (Å²) in [6, 6.07) is 21.4. The highest BCUT2D eigenvalue weighted by Gasteiger charge is 2.39. The van der Waals surface area contributed by atoms with E-state index in [2.05, 4.69) is 35.6 Å². The number of amides is 2. The van der Waals surface area contributed by atoms with Crippen LogP contribution in [0.15, 0.2) is 66.7 Å². The van der Waals surface area contributed by atoms with E-state index in [0.717, 1.165) is 12.8 Å². The number of benzene rings is 3. The molecule has 2 aliphatic rings. The third kappa shape index (κ3) is 4.50. The Balaban J connectivity index is 1.28. The lowest BCUT2D eigenvalue weighted by Gasteiger charge is -2.30. The van der Waals surface area contributed by atoms with Crippen LogP contribution in [0.25, 0.3) is 10.8 Å². The van der Waals surface area contributed by atoms with Crippen molar-refractivity contribution in [3.63, 3.8) is 0 Å². The SMILES string of the molecule is O=C1CC[C@@](CCC(=O)N2CC[C@@H](c3ccccc3F)C2)(Cc2cccc3ccccc23)N1. The van der Waals surface area contributed by atoms with Gasteiger partial charge in [-0.2, -0.15) is 0 Å². The van der Waals surface area contributed by atoms with E-state index >= 15 is 0 Å². The molecule has 0 unspecified atom stereocenters. The highest BCUT2D eigenvalue weighted by Crippen LogP contribution is 2.34. The third-order valence-corrected chi connectivity index (χ3v) is 7.35. The van der Waals surface area contributed by atoms with Crippen LogP contribution < -0.4 is 5.32 Å². The summed E-state index contributed by atoms with van der Waals surface area (Å²) in [6.07, 6.45) is 3.73. The fourth-order valence-electron chi connectivity index (χ4n) is 5.54. The van der Waals surface area contributed by atoms with Crippen molar-refractivity contribution in [2.45, 2.75) is 50.0 Å². The molecule has 5 rings (SSSR count). The van der Waals surface area contributed by atoms with E-state index in [-0.39, 0.29) is 23.5 Å². The van der Waals surface area contributed by atoms with Crippen LogP contribution in [-0.2, 0) is 16.0 Å². The van der Waals surface area contributed by atoms with Gasteiger partial charge in [-0.3, -0.25) is 9.59 Å². The first kappa shape index (κ1) is 21.6. The molecule has 2 atom stereocenters. The van der Waals surface area contributed by atoms with Gasteiger partial charge in [0.25, 0.3) is 0 Å². The van der Waals surface area contributed by atoms with Crippen molar-refractivity contribution in [2.24, 2.45) is 0 Å². The zero-order valence-electron chi connectivity index (χ0n) is 18.7. The lowest BCUT2D eigenvalue weighted by atomic mass is 9.83. The number of likely N-dealkylation sites (tertiary alicyclic amines) is 1. The Hall–Kier alpha value is -3.21. The molecule has 1 N–H and O–H groups in total. The van der Waals surface area contributed by atoms with E-state index < -0.39 is 5.54 Å². The van der Waals surface area contributed by atoms with Crippen molar-refractivity contribution in [3.8, 4) is 0 Å². The van der Waals surface area contributed by atoms with E-state index in [1.807, 2.05) is 29.2 Å². The molecule has 33 heavy (non-hydrogen) atoms. The minimum absolute atomic E-state index is 0.0472. The van der Waals surface area contributed by atoms with Crippen LogP contribution >= 0.6 is 0 Å². The maximum absolute atomic E-state index is 14.2. The van der Waals surface area contributed by atoms with Gasteiger partial charge in [0.2, 0.25) is 11.8 Å². The maximum Gasteiger partial charge on any atom is 0.222 e. The topological polar surface area (TPSA) is 49.4 Å². The maximum atomic E-state index is 14.2. The van der Waals surface area contributed by atoms with Gasteiger partial charge in [-0.1, -0.05) is 60.7 Å². The van der Waals surface area contributed by atoms with Crippen LogP contribution in [0.1, 0.15) is 49.1 Å². The molecular weight excluding hydrogens is 415 g/mol. The molecule has 2 heterocycles. The minimum Gasteiger partial charge on any atom is -0.350 e. The molecule has 2 amide bonds. The molecule has 2 saturated heterocycles. The van der Waals surface area contributed by atoms with Crippen LogP contribution in [-0.4, -0.2) is 35.3 Å². The van der Waals surface area contributed by atoms with Crippen LogP contribution in [0, 0.1) is 5.82 Å². The van der Waals surface area contributed by atoms with Gasteiger partial charge in [0.15, 0.2) is 0 Å². The number of carbonyl (C=O) groups excluding carboxylic acids is 2. The Bertz CT molecular complexity index is 1190. The van der Waals surface area contributed by atoms with Gasteiger partial charge < -0.3 is 10.2 Å². The fraction of sp³-hybridized carbons (Fsp3) is 0.357. The molecule has 0 aromatic heterocycles. The molecule has 3 aromatic carbocycles. The Kier molecular flexibility index (Phi) is 5.88. The van der Waals surface area contributed by atoms with Crippen LogP contribution in [0.2, 0.25) is 0 Å². The second-order valence-corrected chi connectivity index (χ2v) is 9.49. The number of halogens is 1. The van der Waals surface area contributed by atoms with Crippen LogP contribution in [0.3, 0.4) is 0 Å². The standard InChI is InChI=1S/C28H29FN2O2/c29-25-11-4-3-10-24(25)22-14-17-31(19-22)27(33)13-16-28(15-12-26(32)30-28)18-21-8-5-7-20-6-1-2-9-23(20)21/h1-11,22H,12-19H2,(H,30,32)/t22-,28-/m1/s1. The largest absolute Gasteiger partial charge is 0.350 e. The van der Waals surface area contributed by atoms with Gasteiger partial charge >= 0.3 is 0 Å². The van der Waals surface area contributed by atoms with Crippen molar-refractivity contribution in [1.82, 2.24) is 10.2 Å². The molecule has 3 aromatic rings. The predicted octanol–water partition coefficient (Wildman–Crippen LogP) is 4.97. The first-order valence-electron chi connectivity index (χ1n) is 11.8. The molecule has 0 saturated carbocycles. The van der Waals surface area contributed by atoms with E-state index in [1.165, 1.54) is 22.4 Å². The predicted molar refractivity (Wildman–Crippen MR) is 127 cm³/mol. The highest BCUT2D eigenvalue weighted by atomic mass is 19.1. The van der Waals surface area contributed by atoms with Gasteiger partial charge in [-0.15, -0.1) is 0 Å². The Labute approximate surface area is 193 Å². The normalized spacial score (nSPS) is 22.6. The summed E-state index contributed by atoms with van der Waals surface area (Å²) in [5.74, 6) is 0.00115. The summed E-state index contributed by atoms with van der Waals surface area (Å²) < 4.78 is 14.2. The zero-order valence-corrected chi connectivity index (χ0v) is 18.7. The van der Waals surface area contributed by atoms with Crippen molar-refractivity contribution in [3.05, 3.63) is 83.7 Å². The second-order valence-electron chi connectivity index (χ2n) is 9.49. The summed E-state index contributed by atoms with van der Waals surface area (Å²) in [6.45, 7) is 1.21. The molecule has 0 spiro atoms. The van der Waals surface area contributed by atoms with Gasteiger partial charge in [0.05, 0.1) is 0 Å². The number of nitrogens with zero attached hydrogens (tertiary/aromatic N) is 1. The average Bonchev–Trinajstić information content (AvgIpc) is 3.46. The molecular formula is C28H29FN2O2. The number of hydrogen-bond donors (Lipinski definition) is 1. The van der Waals surface area contributed by atoms with Crippen molar-refractivity contribution in [1.29, 1.82) is 0 Å². The number of carbonyl (C=O) groups is 2. The quantitative estimate of drug-likeness (QED) is 0.584. The minimum atomic E-state index is -0.401. The summed E-state index contributed by atoms with van der Waals surface area (Å²) >= 11 is 0. The summed E-state index contributed by atoms with van der Waals surface area (Å²) in [4.78, 5) is 27.1. The van der Waals surface area contributed by atoms with Crippen molar-refractivity contribution in [2.75, 3.05) is 13.1 Å². The number of hydrogen-bond acceptors (Lipinski definition) is 2. The Morgan fingerprint density at radius 3 is 2.67 bits per heavy atom. The zero-order chi connectivity index (χ0) is 22.8. The molecule has 4 nitrogen and oxygen atoms in total. The molecule has 2 fully saturated rings. The van der Waals surface area contributed by atoms with E-state index in [0.29, 0.717) is 44.3 Å². The van der Waals surface area contributed by atoms with Gasteiger partial charge in [0, 0.05) is 37.4 Å². The molecule has 0 aliphatic carbocycles. The average molecular weight is 445 g/mol. The smallest absolute Gasteiger partial charge is 0.222 e. The van der Waals surface area contributed by atoms with Crippen molar-refractivity contribution >= 4 is 22.6 Å². The Morgan fingerprint density at radius 1 is 1.06 bits per heavy atom. The molecule has 0 radical (unpaired) electrons. The Morgan fingerprint density at radius 2 is 1.85 bits per heavy atom.